The van der Waals surface area contributed by atoms with Gasteiger partial charge in [-0.2, -0.15) is 4.63 Å². The summed E-state index contributed by atoms with van der Waals surface area (Å²) in [6, 6.07) is 18.4. The molecule has 2 aromatic heterocycles. The van der Waals surface area contributed by atoms with E-state index in [-0.39, 0.29) is 17.2 Å². The first-order valence-electron chi connectivity index (χ1n) is 16.7. The van der Waals surface area contributed by atoms with Crippen LogP contribution >= 0.6 is 0 Å². The van der Waals surface area contributed by atoms with Gasteiger partial charge in [-0.3, -0.25) is 14.7 Å². The molecule has 0 spiro atoms. The molecule has 2 amide bonds. The maximum atomic E-state index is 13.7. The number of hydrogen-bond acceptors (Lipinski definition) is 6. The summed E-state index contributed by atoms with van der Waals surface area (Å²) in [4.78, 5) is 32.2. The van der Waals surface area contributed by atoms with Crippen LogP contribution in [0.25, 0.3) is 17.0 Å². The Morgan fingerprint density at radius 3 is 1.75 bits per heavy atom. The number of anilines is 2. The fourth-order valence-corrected chi connectivity index (χ4v) is 5.13. The smallest absolute Gasteiger partial charge is 0.259 e. The lowest BCUT2D eigenvalue weighted by atomic mass is 9.93. The van der Waals surface area contributed by atoms with Gasteiger partial charge in [0.1, 0.15) is 11.5 Å². The first kappa shape index (κ1) is 34.2. The molecule has 5 aromatic rings. The topological polar surface area (TPSA) is 123 Å². The van der Waals surface area contributed by atoms with E-state index in [1.54, 1.807) is 22.8 Å². The third-order valence-corrected chi connectivity index (χ3v) is 7.92. The molecule has 252 valence electrons. The minimum atomic E-state index is -0.329. The predicted octanol–water partition coefficient (Wildman–Crippen LogP) is 8.50. The summed E-state index contributed by atoms with van der Waals surface area (Å²) in [6.45, 7) is 15.4. The van der Waals surface area contributed by atoms with Gasteiger partial charge in [0, 0.05) is 34.1 Å². The van der Waals surface area contributed by atoms with Crippen molar-refractivity contribution in [2.75, 3.05) is 23.8 Å². The van der Waals surface area contributed by atoms with Crippen molar-refractivity contribution in [3.05, 3.63) is 88.6 Å². The highest BCUT2D eigenvalue weighted by molar-refractivity contribution is 6.09. The van der Waals surface area contributed by atoms with Crippen molar-refractivity contribution in [1.29, 1.82) is 0 Å². The lowest BCUT2D eigenvalue weighted by Crippen LogP contribution is -2.16. The number of rotatable bonds is 13. The number of aromatic nitrogens is 4. The molecule has 2 heterocycles. The zero-order chi connectivity index (χ0) is 34.4. The monoisotopic (exact) mass is 650 g/mol. The van der Waals surface area contributed by atoms with Crippen LogP contribution < -0.4 is 20.1 Å². The minimum Gasteiger partial charge on any atom is -0.493 e. The van der Waals surface area contributed by atoms with Crippen LogP contribution in [0.1, 0.15) is 97.8 Å². The van der Waals surface area contributed by atoms with Crippen LogP contribution in [0, 0.1) is 13.8 Å². The van der Waals surface area contributed by atoms with E-state index in [0.717, 1.165) is 42.5 Å². The van der Waals surface area contributed by atoms with Gasteiger partial charge >= 0.3 is 0 Å². The van der Waals surface area contributed by atoms with Crippen LogP contribution in [-0.2, 0) is 5.41 Å². The second kappa shape index (κ2) is 14.8. The van der Waals surface area contributed by atoms with Gasteiger partial charge in [-0.05, 0) is 69.2 Å². The lowest BCUT2D eigenvalue weighted by molar-refractivity contribution is 0.101. The highest BCUT2D eigenvalue weighted by atomic mass is 16.5. The Morgan fingerprint density at radius 2 is 1.29 bits per heavy atom. The van der Waals surface area contributed by atoms with E-state index in [0.29, 0.717) is 64.2 Å². The average molecular weight is 651 g/mol. The van der Waals surface area contributed by atoms with Crippen LogP contribution in [0.15, 0.2) is 60.7 Å². The van der Waals surface area contributed by atoms with Gasteiger partial charge in [0.25, 0.3) is 11.8 Å². The fourth-order valence-electron chi connectivity index (χ4n) is 5.13. The van der Waals surface area contributed by atoms with Crippen LogP contribution in [0.2, 0.25) is 0 Å². The van der Waals surface area contributed by atoms with Gasteiger partial charge in [0.15, 0.2) is 11.5 Å². The standard InChI is InChI=1S/C38H46N6O4/c1-8-10-16-47-31-14-12-24(3)18-29(31)36(45)39-27-20-26(35-41-34-23-33(38(5,6)7)42-44(34)43-35)21-28(22-27)40-37(46)30-19-25(4)13-15-32(30)48-17-11-9-2/h12-15,18-23,42H,8-11,16-17H2,1-7H3,(H,39,45)(H,40,46). The average Bonchev–Trinajstić information content (AvgIpc) is 3.63. The minimum absolute atomic E-state index is 0.103. The Kier molecular flexibility index (Phi) is 10.5. The number of carbonyl (C=O) groups excluding carboxylic acids is 2. The van der Waals surface area contributed by atoms with Crippen LogP contribution in [0.4, 0.5) is 11.4 Å². The molecule has 5 rings (SSSR count). The van der Waals surface area contributed by atoms with E-state index in [1.165, 1.54) is 0 Å². The molecule has 0 aliphatic carbocycles. The van der Waals surface area contributed by atoms with E-state index < -0.39 is 0 Å². The number of benzene rings is 3. The van der Waals surface area contributed by atoms with Gasteiger partial charge in [-0.25, -0.2) is 4.98 Å². The highest BCUT2D eigenvalue weighted by Crippen LogP contribution is 2.30. The number of H-pyrrole nitrogens is 1. The number of fused-ring (bicyclic) bond motifs is 1. The molecule has 0 unspecified atom stereocenters. The second-order valence-electron chi connectivity index (χ2n) is 13.2. The number of aryl methyl sites for hydroxylation is 2. The van der Waals surface area contributed by atoms with Gasteiger partial charge < -0.3 is 20.1 Å². The van der Waals surface area contributed by atoms with E-state index >= 15 is 0 Å². The third kappa shape index (κ3) is 8.23. The summed E-state index contributed by atoms with van der Waals surface area (Å²) in [5.74, 6) is 0.817. The van der Waals surface area contributed by atoms with Gasteiger partial charge in [-0.1, -0.05) is 70.7 Å². The quantitative estimate of drug-likeness (QED) is 0.110. The van der Waals surface area contributed by atoms with E-state index in [9.17, 15) is 9.59 Å². The first-order valence-corrected chi connectivity index (χ1v) is 16.7. The summed E-state index contributed by atoms with van der Waals surface area (Å²) in [5.41, 5.74) is 5.84. The summed E-state index contributed by atoms with van der Waals surface area (Å²) < 4.78 is 13.6. The van der Waals surface area contributed by atoms with Crippen molar-refractivity contribution in [1.82, 2.24) is 19.8 Å². The van der Waals surface area contributed by atoms with Gasteiger partial charge in [0.2, 0.25) is 0 Å². The summed E-state index contributed by atoms with van der Waals surface area (Å²) in [5, 5.41) is 14.0. The molecule has 0 saturated carbocycles. The van der Waals surface area contributed by atoms with Crippen molar-refractivity contribution in [2.45, 2.75) is 79.6 Å². The van der Waals surface area contributed by atoms with Gasteiger partial charge in [-0.15, -0.1) is 5.10 Å². The Bertz CT molecular complexity index is 1790. The molecule has 0 aliphatic rings. The molecule has 0 radical (unpaired) electrons. The molecule has 0 aliphatic heterocycles. The predicted molar refractivity (Wildman–Crippen MR) is 191 cm³/mol. The molecule has 0 saturated heterocycles. The summed E-state index contributed by atoms with van der Waals surface area (Å²) >= 11 is 0. The number of nitrogens with one attached hydrogen (secondary N) is 3. The molecule has 48 heavy (non-hydrogen) atoms. The summed E-state index contributed by atoms with van der Waals surface area (Å²) in [7, 11) is 0. The Morgan fingerprint density at radius 1 is 0.771 bits per heavy atom. The van der Waals surface area contributed by atoms with Crippen LogP contribution in [-0.4, -0.2) is 44.8 Å². The van der Waals surface area contributed by atoms with E-state index in [4.69, 9.17) is 19.6 Å². The second-order valence-corrected chi connectivity index (χ2v) is 13.2. The molecular weight excluding hydrogens is 604 g/mol. The van der Waals surface area contributed by atoms with Crippen molar-refractivity contribution in [3.63, 3.8) is 0 Å². The van der Waals surface area contributed by atoms with Crippen molar-refractivity contribution in [3.8, 4) is 22.9 Å². The molecule has 0 bridgehead atoms. The molecule has 3 aromatic carbocycles. The van der Waals surface area contributed by atoms with E-state index in [1.807, 2.05) is 56.3 Å². The number of unbranched alkanes of at least 4 members (excludes halogenated alkanes) is 2. The van der Waals surface area contributed by atoms with Crippen LogP contribution in [0.5, 0.6) is 11.5 Å². The zero-order valence-electron chi connectivity index (χ0n) is 29.0. The molecule has 0 fully saturated rings. The molecule has 10 heteroatoms. The van der Waals surface area contributed by atoms with E-state index in [2.05, 4.69) is 50.4 Å². The first-order chi connectivity index (χ1) is 22.9. The highest BCUT2D eigenvalue weighted by Gasteiger charge is 2.21. The maximum absolute atomic E-state index is 13.7. The Balaban J connectivity index is 1.51. The molecule has 3 N–H and O–H groups in total. The Hall–Kier alpha value is -5.12. The number of ether oxygens (including phenoxy) is 2. The lowest BCUT2D eigenvalue weighted by Gasteiger charge is -2.15. The third-order valence-electron chi connectivity index (χ3n) is 7.92. The number of amides is 2. The zero-order valence-corrected chi connectivity index (χ0v) is 29.0. The normalized spacial score (nSPS) is 11.5. The fraction of sp³-hybridized carbons (Fsp3) is 0.368. The summed E-state index contributed by atoms with van der Waals surface area (Å²) in [6.07, 6.45) is 3.74. The molecule has 10 nitrogen and oxygen atoms in total. The number of hydrogen-bond donors (Lipinski definition) is 3. The van der Waals surface area contributed by atoms with Gasteiger partial charge in [0.05, 0.1) is 24.3 Å². The number of aromatic amines is 1. The van der Waals surface area contributed by atoms with Crippen LogP contribution in [0.3, 0.4) is 0 Å². The molecular formula is C38H46N6O4. The SMILES string of the molecule is CCCCOc1ccc(C)cc1C(=O)Nc1cc(NC(=O)c2cc(C)ccc2OCCCC)cc(-c2nc3cc(C(C)(C)C)[nH]n3n2)c1. The largest absolute Gasteiger partial charge is 0.493 e. The van der Waals surface area contributed by atoms with Crippen molar-refractivity contribution >= 4 is 28.8 Å². The number of carbonyl (C=O) groups is 2. The Labute approximate surface area is 282 Å². The molecule has 0 atom stereocenters. The van der Waals surface area contributed by atoms with Crippen molar-refractivity contribution < 1.29 is 19.1 Å². The van der Waals surface area contributed by atoms with Crippen molar-refractivity contribution in [2.24, 2.45) is 0 Å². The number of nitrogens with zero attached hydrogens (tertiary/aromatic N) is 3. The maximum Gasteiger partial charge on any atom is 0.259 e.